The van der Waals surface area contributed by atoms with Crippen molar-refractivity contribution >= 4 is 5.82 Å². The lowest BCUT2D eigenvalue weighted by atomic mass is 10.1. The molecule has 94 valence electrons. The molecule has 0 unspecified atom stereocenters. The molecular weight excluding hydrogens is 240 g/mol. The Bertz CT molecular complexity index is 575. The number of rotatable bonds is 3. The Morgan fingerprint density at radius 3 is 2.67 bits per heavy atom. The van der Waals surface area contributed by atoms with Crippen LogP contribution in [0, 0.1) is 11.6 Å². The van der Waals surface area contributed by atoms with Gasteiger partial charge in [0.05, 0.1) is 7.11 Å². The van der Waals surface area contributed by atoms with Gasteiger partial charge in [-0.05, 0) is 12.1 Å². The summed E-state index contributed by atoms with van der Waals surface area (Å²) in [6.07, 6.45) is 1.26. The highest BCUT2D eigenvalue weighted by atomic mass is 19.2. The molecule has 4 nitrogen and oxygen atoms in total. The van der Waals surface area contributed by atoms with Crippen LogP contribution in [-0.4, -0.2) is 24.1 Å². The second-order valence-corrected chi connectivity index (χ2v) is 3.46. The van der Waals surface area contributed by atoms with Gasteiger partial charge in [0.25, 0.3) is 0 Å². The highest BCUT2D eigenvalue weighted by Crippen LogP contribution is 2.34. The summed E-state index contributed by atoms with van der Waals surface area (Å²) in [6.45, 7) is 0. The molecule has 0 bridgehead atoms. The number of nitrogens with zero attached hydrogens (tertiary/aromatic N) is 2. The van der Waals surface area contributed by atoms with Crippen molar-refractivity contribution < 1.29 is 13.5 Å². The van der Waals surface area contributed by atoms with E-state index in [0.717, 1.165) is 6.07 Å². The standard InChI is InChI=1S/C12H11F2N3O/c1-15-12-11(18-2)10(16-6-17-12)7-4-3-5-8(13)9(7)14/h3-6H,1-2H3,(H,15,16,17). The van der Waals surface area contributed by atoms with E-state index in [1.54, 1.807) is 7.05 Å². The van der Waals surface area contributed by atoms with Gasteiger partial charge >= 0.3 is 0 Å². The fourth-order valence-corrected chi connectivity index (χ4v) is 1.62. The Kier molecular flexibility index (Phi) is 3.36. The van der Waals surface area contributed by atoms with Crippen LogP contribution in [0.3, 0.4) is 0 Å². The molecule has 0 aliphatic heterocycles. The molecule has 2 rings (SSSR count). The fraction of sp³-hybridized carbons (Fsp3) is 0.167. The van der Waals surface area contributed by atoms with E-state index in [2.05, 4.69) is 15.3 Å². The minimum absolute atomic E-state index is 0.0331. The molecule has 0 atom stereocenters. The quantitative estimate of drug-likeness (QED) is 0.910. The smallest absolute Gasteiger partial charge is 0.187 e. The van der Waals surface area contributed by atoms with E-state index < -0.39 is 11.6 Å². The molecule has 1 aromatic heterocycles. The van der Waals surface area contributed by atoms with Gasteiger partial charge in [-0.25, -0.2) is 18.7 Å². The van der Waals surface area contributed by atoms with Crippen LogP contribution in [0.1, 0.15) is 0 Å². The lowest BCUT2D eigenvalue weighted by Crippen LogP contribution is -2.02. The SMILES string of the molecule is CNc1ncnc(-c2cccc(F)c2F)c1OC. The van der Waals surface area contributed by atoms with Gasteiger partial charge in [0.1, 0.15) is 12.0 Å². The summed E-state index contributed by atoms with van der Waals surface area (Å²) in [5.41, 5.74) is 0.236. The third-order valence-electron chi connectivity index (χ3n) is 2.45. The van der Waals surface area contributed by atoms with E-state index in [1.165, 1.54) is 25.6 Å². The monoisotopic (exact) mass is 251 g/mol. The van der Waals surface area contributed by atoms with Crippen molar-refractivity contribution in [2.45, 2.75) is 0 Å². The molecule has 0 aliphatic rings. The Morgan fingerprint density at radius 2 is 2.00 bits per heavy atom. The van der Waals surface area contributed by atoms with Crippen molar-refractivity contribution in [3.05, 3.63) is 36.2 Å². The van der Waals surface area contributed by atoms with Crippen molar-refractivity contribution in [1.29, 1.82) is 0 Å². The third kappa shape index (κ3) is 1.97. The summed E-state index contributed by atoms with van der Waals surface area (Å²) < 4.78 is 32.1. The van der Waals surface area contributed by atoms with Gasteiger partial charge in [-0.15, -0.1) is 0 Å². The van der Waals surface area contributed by atoms with E-state index >= 15 is 0 Å². The van der Waals surface area contributed by atoms with Crippen molar-refractivity contribution in [2.24, 2.45) is 0 Å². The largest absolute Gasteiger partial charge is 0.491 e. The van der Waals surface area contributed by atoms with Crippen LogP contribution >= 0.6 is 0 Å². The highest BCUT2D eigenvalue weighted by Gasteiger charge is 2.18. The van der Waals surface area contributed by atoms with Crippen LogP contribution in [0.15, 0.2) is 24.5 Å². The first kappa shape index (κ1) is 12.2. The van der Waals surface area contributed by atoms with Gasteiger partial charge in [-0.2, -0.15) is 0 Å². The van der Waals surface area contributed by atoms with Crippen LogP contribution in [-0.2, 0) is 0 Å². The normalized spacial score (nSPS) is 10.2. The average Bonchev–Trinajstić information content (AvgIpc) is 2.41. The first-order valence-electron chi connectivity index (χ1n) is 5.20. The molecule has 1 aromatic carbocycles. The van der Waals surface area contributed by atoms with Crippen LogP contribution < -0.4 is 10.1 Å². The van der Waals surface area contributed by atoms with E-state index in [-0.39, 0.29) is 17.0 Å². The minimum atomic E-state index is -0.962. The Hall–Kier alpha value is -2.24. The van der Waals surface area contributed by atoms with E-state index in [4.69, 9.17) is 4.74 Å². The Labute approximate surface area is 103 Å². The second kappa shape index (κ2) is 4.95. The van der Waals surface area contributed by atoms with Gasteiger partial charge in [0.15, 0.2) is 23.2 Å². The number of benzene rings is 1. The number of anilines is 1. The predicted molar refractivity (Wildman–Crippen MR) is 63.5 cm³/mol. The molecule has 18 heavy (non-hydrogen) atoms. The molecule has 0 saturated carbocycles. The topological polar surface area (TPSA) is 47.0 Å². The number of hydrogen-bond acceptors (Lipinski definition) is 4. The zero-order valence-electron chi connectivity index (χ0n) is 9.87. The van der Waals surface area contributed by atoms with Crippen LogP contribution in [0.4, 0.5) is 14.6 Å². The number of aromatic nitrogens is 2. The molecule has 6 heteroatoms. The maximum Gasteiger partial charge on any atom is 0.187 e. The predicted octanol–water partition coefficient (Wildman–Crippen LogP) is 2.47. The van der Waals surface area contributed by atoms with Crippen LogP contribution in [0.25, 0.3) is 11.3 Å². The Morgan fingerprint density at radius 1 is 1.22 bits per heavy atom. The summed E-state index contributed by atoms with van der Waals surface area (Å²) in [5.74, 6) is -1.22. The van der Waals surface area contributed by atoms with Crippen LogP contribution in [0.2, 0.25) is 0 Å². The summed E-state index contributed by atoms with van der Waals surface area (Å²) in [6, 6.07) is 3.89. The first-order chi connectivity index (χ1) is 8.69. The molecule has 0 fully saturated rings. The highest BCUT2D eigenvalue weighted by molar-refractivity contribution is 5.72. The van der Waals surface area contributed by atoms with Gasteiger partial charge < -0.3 is 10.1 Å². The van der Waals surface area contributed by atoms with E-state index in [9.17, 15) is 8.78 Å². The maximum atomic E-state index is 13.7. The van der Waals surface area contributed by atoms with E-state index in [1.807, 2.05) is 0 Å². The summed E-state index contributed by atoms with van der Waals surface area (Å²) >= 11 is 0. The zero-order chi connectivity index (χ0) is 13.1. The number of methoxy groups -OCH3 is 1. The fourth-order valence-electron chi connectivity index (χ4n) is 1.62. The molecule has 1 N–H and O–H groups in total. The van der Waals surface area contributed by atoms with Crippen molar-refractivity contribution in [2.75, 3.05) is 19.5 Å². The molecule has 0 spiro atoms. The number of ether oxygens (including phenoxy) is 1. The molecule has 0 saturated heterocycles. The number of halogens is 2. The van der Waals surface area contributed by atoms with Crippen molar-refractivity contribution in [1.82, 2.24) is 9.97 Å². The zero-order valence-corrected chi connectivity index (χ0v) is 9.87. The molecule has 1 heterocycles. The number of hydrogen-bond donors (Lipinski definition) is 1. The van der Waals surface area contributed by atoms with Gasteiger partial charge in [-0.3, -0.25) is 0 Å². The summed E-state index contributed by atoms with van der Waals surface area (Å²) in [7, 11) is 3.07. The lowest BCUT2D eigenvalue weighted by molar-refractivity contribution is 0.414. The molecule has 2 aromatic rings. The van der Waals surface area contributed by atoms with Crippen molar-refractivity contribution in [3.8, 4) is 17.0 Å². The molecular formula is C12H11F2N3O. The molecule has 0 amide bonds. The lowest BCUT2D eigenvalue weighted by Gasteiger charge is -2.11. The average molecular weight is 251 g/mol. The first-order valence-corrected chi connectivity index (χ1v) is 5.20. The van der Waals surface area contributed by atoms with Gasteiger partial charge in [-0.1, -0.05) is 6.07 Å². The maximum absolute atomic E-state index is 13.7. The third-order valence-corrected chi connectivity index (χ3v) is 2.45. The van der Waals surface area contributed by atoms with Gasteiger partial charge in [0.2, 0.25) is 0 Å². The summed E-state index contributed by atoms with van der Waals surface area (Å²) in [5, 5.41) is 2.80. The summed E-state index contributed by atoms with van der Waals surface area (Å²) in [4.78, 5) is 7.89. The number of nitrogens with one attached hydrogen (secondary N) is 1. The van der Waals surface area contributed by atoms with Crippen molar-refractivity contribution in [3.63, 3.8) is 0 Å². The Balaban J connectivity index is 2.67. The van der Waals surface area contributed by atoms with Crippen LogP contribution in [0.5, 0.6) is 5.75 Å². The molecule has 0 radical (unpaired) electrons. The second-order valence-electron chi connectivity index (χ2n) is 3.46. The van der Waals surface area contributed by atoms with E-state index in [0.29, 0.717) is 5.82 Å². The van der Waals surface area contributed by atoms with Gasteiger partial charge in [0, 0.05) is 12.6 Å². The minimum Gasteiger partial charge on any atom is -0.491 e. The molecule has 0 aliphatic carbocycles.